The minimum absolute atomic E-state index is 0.221. The first-order chi connectivity index (χ1) is 9.24. The second kappa shape index (κ2) is 5.49. The van der Waals surface area contributed by atoms with E-state index in [1.165, 1.54) is 5.69 Å². The summed E-state index contributed by atoms with van der Waals surface area (Å²) < 4.78 is 1.89. The van der Waals surface area contributed by atoms with Crippen LogP contribution < -0.4 is 5.32 Å². The van der Waals surface area contributed by atoms with E-state index in [4.69, 9.17) is 0 Å². The van der Waals surface area contributed by atoms with E-state index in [9.17, 15) is 0 Å². The molecule has 1 aliphatic rings. The number of nitrogens with zero attached hydrogens (tertiary/aromatic N) is 3. The van der Waals surface area contributed by atoms with E-state index in [0.717, 1.165) is 26.1 Å². The van der Waals surface area contributed by atoms with Crippen LogP contribution in [0, 0.1) is 5.41 Å². The first kappa shape index (κ1) is 15.5. The van der Waals surface area contributed by atoms with Crippen molar-refractivity contribution in [2.45, 2.75) is 59.2 Å². The summed E-state index contributed by atoms with van der Waals surface area (Å²) in [4.78, 5) is 2.61. The number of hydrogen-bond acceptors (Lipinski definition) is 3. The van der Waals surface area contributed by atoms with Crippen LogP contribution >= 0.6 is 0 Å². The number of aryl methyl sites for hydroxylation is 1. The number of hydrogen-bond donors (Lipinski definition) is 1. The van der Waals surface area contributed by atoms with E-state index in [2.05, 4.69) is 56.0 Å². The van der Waals surface area contributed by atoms with Crippen molar-refractivity contribution in [1.29, 1.82) is 0 Å². The fourth-order valence-corrected chi connectivity index (χ4v) is 2.89. The molecule has 0 spiro atoms. The van der Waals surface area contributed by atoms with Crippen molar-refractivity contribution in [2.75, 3.05) is 13.1 Å². The Morgan fingerprint density at radius 1 is 1.45 bits per heavy atom. The molecule has 2 rings (SSSR count). The van der Waals surface area contributed by atoms with Gasteiger partial charge in [-0.05, 0) is 24.8 Å². The van der Waals surface area contributed by atoms with E-state index in [-0.39, 0.29) is 11.0 Å². The van der Waals surface area contributed by atoms with Crippen LogP contribution in [0.1, 0.15) is 46.7 Å². The van der Waals surface area contributed by atoms with Gasteiger partial charge in [0, 0.05) is 44.5 Å². The van der Waals surface area contributed by atoms with Gasteiger partial charge in [-0.15, -0.1) is 0 Å². The molecule has 0 radical (unpaired) electrons. The lowest BCUT2D eigenvalue weighted by Gasteiger charge is -2.50. The lowest BCUT2D eigenvalue weighted by molar-refractivity contribution is 0.0148. The quantitative estimate of drug-likeness (QED) is 0.922. The molecule has 2 atom stereocenters. The van der Waals surface area contributed by atoms with Crippen molar-refractivity contribution in [3.05, 3.63) is 18.0 Å². The van der Waals surface area contributed by atoms with Crippen LogP contribution in [-0.4, -0.2) is 39.4 Å². The highest BCUT2D eigenvalue weighted by atomic mass is 15.3. The molecule has 114 valence electrons. The topological polar surface area (TPSA) is 33.1 Å². The summed E-state index contributed by atoms with van der Waals surface area (Å²) in [6, 6.07) is 2.66. The third-order valence-corrected chi connectivity index (χ3v) is 4.82. The van der Waals surface area contributed by atoms with Crippen molar-refractivity contribution < 1.29 is 0 Å². The second-order valence-electron chi connectivity index (χ2n) is 7.51. The Balaban J connectivity index is 2.15. The van der Waals surface area contributed by atoms with Gasteiger partial charge in [-0.2, -0.15) is 5.10 Å². The molecule has 1 saturated heterocycles. The van der Waals surface area contributed by atoms with Gasteiger partial charge in [0.05, 0.1) is 5.69 Å². The fourth-order valence-electron chi connectivity index (χ4n) is 2.89. The summed E-state index contributed by atoms with van der Waals surface area (Å²) in [6.45, 7) is 14.7. The van der Waals surface area contributed by atoms with Crippen molar-refractivity contribution in [3.63, 3.8) is 0 Å². The first-order valence-electron chi connectivity index (χ1n) is 7.71. The SMILES string of the molecule is CCC1(C)CNC(C(C)(C)C)CN1Cc1ccn(C)n1. The van der Waals surface area contributed by atoms with E-state index in [0.29, 0.717) is 6.04 Å². The zero-order chi connectivity index (χ0) is 15.0. The maximum atomic E-state index is 4.55. The zero-order valence-electron chi connectivity index (χ0n) is 13.9. The Labute approximate surface area is 123 Å². The van der Waals surface area contributed by atoms with Crippen LogP contribution in [-0.2, 0) is 13.6 Å². The van der Waals surface area contributed by atoms with Crippen LogP contribution in [0.4, 0.5) is 0 Å². The van der Waals surface area contributed by atoms with Gasteiger partial charge in [-0.3, -0.25) is 9.58 Å². The van der Waals surface area contributed by atoms with Crippen LogP contribution in [0.5, 0.6) is 0 Å². The lowest BCUT2D eigenvalue weighted by Crippen LogP contribution is -2.65. The van der Waals surface area contributed by atoms with Crippen LogP contribution in [0.2, 0.25) is 0 Å². The van der Waals surface area contributed by atoms with Crippen LogP contribution in [0.25, 0.3) is 0 Å². The molecular formula is C16H30N4. The molecule has 4 nitrogen and oxygen atoms in total. The number of aromatic nitrogens is 2. The van der Waals surface area contributed by atoms with Gasteiger partial charge in [-0.1, -0.05) is 27.7 Å². The molecule has 0 aromatic carbocycles. The van der Waals surface area contributed by atoms with Crippen molar-refractivity contribution >= 4 is 0 Å². The maximum absolute atomic E-state index is 4.55. The van der Waals surface area contributed by atoms with Gasteiger partial charge in [-0.25, -0.2) is 0 Å². The zero-order valence-corrected chi connectivity index (χ0v) is 13.9. The smallest absolute Gasteiger partial charge is 0.0764 e. The molecule has 1 aromatic rings. The Hall–Kier alpha value is -0.870. The minimum Gasteiger partial charge on any atom is -0.310 e. The normalized spacial score (nSPS) is 28.8. The van der Waals surface area contributed by atoms with Gasteiger partial charge in [0.15, 0.2) is 0 Å². The summed E-state index contributed by atoms with van der Waals surface area (Å²) in [5.41, 5.74) is 1.68. The number of piperazine rings is 1. The first-order valence-corrected chi connectivity index (χ1v) is 7.71. The summed E-state index contributed by atoms with van der Waals surface area (Å²) in [6.07, 6.45) is 3.19. The van der Waals surface area contributed by atoms with E-state index < -0.39 is 0 Å². The lowest BCUT2D eigenvalue weighted by atomic mass is 9.81. The van der Waals surface area contributed by atoms with Crippen molar-refractivity contribution in [3.8, 4) is 0 Å². The molecule has 0 amide bonds. The number of rotatable bonds is 3. The monoisotopic (exact) mass is 278 g/mol. The van der Waals surface area contributed by atoms with Gasteiger partial charge in [0.25, 0.3) is 0 Å². The molecule has 0 aliphatic carbocycles. The summed E-state index contributed by atoms with van der Waals surface area (Å²) >= 11 is 0. The number of nitrogens with one attached hydrogen (secondary N) is 1. The third-order valence-electron chi connectivity index (χ3n) is 4.82. The van der Waals surface area contributed by atoms with Crippen molar-refractivity contribution in [2.24, 2.45) is 12.5 Å². The van der Waals surface area contributed by atoms with E-state index >= 15 is 0 Å². The van der Waals surface area contributed by atoms with Crippen LogP contribution in [0.15, 0.2) is 12.3 Å². The molecule has 0 bridgehead atoms. The molecular weight excluding hydrogens is 248 g/mol. The molecule has 1 aromatic heterocycles. The Bertz CT molecular complexity index is 446. The second-order valence-corrected chi connectivity index (χ2v) is 7.51. The summed E-state index contributed by atoms with van der Waals surface area (Å²) in [7, 11) is 1.98. The van der Waals surface area contributed by atoms with Gasteiger partial charge >= 0.3 is 0 Å². The molecule has 0 saturated carbocycles. The van der Waals surface area contributed by atoms with E-state index in [1.807, 2.05) is 17.9 Å². The average Bonchev–Trinajstić information content (AvgIpc) is 2.76. The molecule has 4 heteroatoms. The standard InChI is InChI=1S/C16H30N4/c1-7-16(5)12-17-14(15(2,3)4)11-20(16)10-13-8-9-19(6)18-13/h8-9,14,17H,7,10-12H2,1-6H3. The molecule has 20 heavy (non-hydrogen) atoms. The predicted octanol–water partition coefficient (Wildman–Crippen LogP) is 2.41. The Kier molecular flexibility index (Phi) is 4.26. The summed E-state index contributed by atoms with van der Waals surface area (Å²) in [5, 5.41) is 8.30. The fraction of sp³-hybridized carbons (Fsp3) is 0.812. The van der Waals surface area contributed by atoms with Crippen LogP contribution in [0.3, 0.4) is 0 Å². The van der Waals surface area contributed by atoms with Crippen molar-refractivity contribution in [1.82, 2.24) is 20.0 Å². The average molecular weight is 278 g/mol. The molecule has 2 unspecified atom stereocenters. The maximum Gasteiger partial charge on any atom is 0.0764 e. The van der Waals surface area contributed by atoms with Gasteiger partial charge in [0.2, 0.25) is 0 Å². The van der Waals surface area contributed by atoms with Gasteiger partial charge in [0.1, 0.15) is 0 Å². The largest absolute Gasteiger partial charge is 0.310 e. The highest BCUT2D eigenvalue weighted by molar-refractivity contribution is 5.04. The summed E-state index contributed by atoms with van der Waals surface area (Å²) in [5.74, 6) is 0. The Morgan fingerprint density at radius 3 is 2.65 bits per heavy atom. The predicted molar refractivity (Wildman–Crippen MR) is 83.6 cm³/mol. The molecule has 1 N–H and O–H groups in total. The molecule has 1 aliphatic heterocycles. The molecule has 1 fully saturated rings. The highest BCUT2D eigenvalue weighted by Crippen LogP contribution is 2.30. The highest BCUT2D eigenvalue weighted by Gasteiger charge is 2.40. The van der Waals surface area contributed by atoms with E-state index in [1.54, 1.807) is 0 Å². The minimum atomic E-state index is 0.221. The third kappa shape index (κ3) is 3.23. The Morgan fingerprint density at radius 2 is 2.15 bits per heavy atom. The molecule has 2 heterocycles. The van der Waals surface area contributed by atoms with Gasteiger partial charge < -0.3 is 5.32 Å².